The van der Waals surface area contributed by atoms with E-state index in [2.05, 4.69) is 12.2 Å². The van der Waals surface area contributed by atoms with Crippen LogP contribution in [0.5, 0.6) is 0 Å². The first-order chi connectivity index (χ1) is 6.00. The first kappa shape index (κ1) is 9.71. The van der Waals surface area contributed by atoms with Crippen LogP contribution in [-0.2, 0) is 0 Å². The molecule has 3 heteroatoms. The van der Waals surface area contributed by atoms with Crippen LogP contribution < -0.4 is 16.8 Å². The van der Waals surface area contributed by atoms with Crippen LogP contribution in [0, 0.1) is 20.8 Å². The Labute approximate surface area is 79.1 Å². The summed E-state index contributed by atoms with van der Waals surface area (Å²) in [5.74, 6) is 0. The molecule has 1 rings (SSSR count). The second-order valence-corrected chi connectivity index (χ2v) is 3.33. The van der Waals surface area contributed by atoms with Gasteiger partial charge in [-0.1, -0.05) is 0 Å². The third-order valence-corrected chi connectivity index (χ3v) is 2.71. The molecule has 0 amide bonds. The highest BCUT2D eigenvalue weighted by molar-refractivity contribution is 5.85. The standard InChI is InChI=1S/C10H17N3/c1-5-6(2)8(11)9(12)10(13-4)7(5)3/h13H,11-12H2,1-4H3. The minimum atomic E-state index is 0.656. The van der Waals surface area contributed by atoms with Crippen LogP contribution >= 0.6 is 0 Å². The summed E-state index contributed by atoms with van der Waals surface area (Å²) in [7, 11) is 1.85. The fraction of sp³-hybridized carbons (Fsp3) is 0.400. The number of nitrogens with two attached hydrogens (primary N) is 2. The lowest BCUT2D eigenvalue weighted by Crippen LogP contribution is -2.06. The van der Waals surface area contributed by atoms with Gasteiger partial charge in [0.25, 0.3) is 0 Å². The molecule has 0 heterocycles. The number of hydrogen-bond acceptors (Lipinski definition) is 3. The van der Waals surface area contributed by atoms with Gasteiger partial charge in [0, 0.05) is 7.05 Å². The highest BCUT2D eigenvalue weighted by Crippen LogP contribution is 2.34. The van der Waals surface area contributed by atoms with Crippen LogP contribution in [0.25, 0.3) is 0 Å². The molecule has 0 radical (unpaired) electrons. The predicted molar refractivity (Wildman–Crippen MR) is 59.0 cm³/mol. The molecule has 1 aromatic rings. The molecule has 0 fully saturated rings. The van der Waals surface area contributed by atoms with Gasteiger partial charge in [0.2, 0.25) is 0 Å². The average Bonchev–Trinajstić information content (AvgIpc) is 2.13. The molecular formula is C10H17N3. The fourth-order valence-electron chi connectivity index (χ4n) is 1.53. The summed E-state index contributed by atoms with van der Waals surface area (Å²) in [6, 6.07) is 0. The van der Waals surface area contributed by atoms with E-state index >= 15 is 0 Å². The minimum absolute atomic E-state index is 0.656. The van der Waals surface area contributed by atoms with Crippen molar-refractivity contribution >= 4 is 17.1 Å². The Morgan fingerprint density at radius 3 is 1.85 bits per heavy atom. The normalized spacial score (nSPS) is 10.2. The molecule has 0 bridgehead atoms. The van der Waals surface area contributed by atoms with Gasteiger partial charge in [-0.05, 0) is 37.5 Å². The topological polar surface area (TPSA) is 64.1 Å². The zero-order chi connectivity index (χ0) is 10.2. The summed E-state index contributed by atoms with van der Waals surface area (Å²) in [5, 5.41) is 3.07. The van der Waals surface area contributed by atoms with Crippen molar-refractivity contribution in [1.29, 1.82) is 0 Å². The summed E-state index contributed by atoms with van der Waals surface area (Å²) in [4.78, 5) is 0. The van der Waals surface area contributed by atoms with E-state index in [1.54, 1.807) is 0 Å². The predicted octanol–water partition coefficient (Wildman–Crippen LogP) is 1.82. The Hall–Kier alpha value is -1.38. The van der Waals surface area contributed by atoms with Crippen molar-refractivity contribution in [2.45, 2.75) is 20.8 Å². The molecule has 1 aromatic carbocycles. The molecular weight excluding hydrogens is 162 g/mol. The van der Waals surface area contributed by atoms with E-state index in [0.717, 1.165) is 11.3 Å². The van der Waals surface area contributed by atoms with Crippen LogP contribution in [0.15, 0.2) is 0 Å². The van der Waals surface area contributed by atoms with Crippen LogP contribution in [0.1, 0.15) is 16.7 Å². The second kappa shape index (κ2) is 3.17. The molecule has 0 aliphatic heterocycles. The first-order valence-electron chi connectivity index (χ1n) is 4.33. The molecule has 72 valence electrons. The van der Waals surface area contributed by atoms with Crippen molar-refractivity contribution in [3.8, 4) is 0 Å². The van der Waals surface area contributed by atoms with Gasteiger partial charge in [-0.2, -0.15) is 0 Å². The van der Waals surface area contributed by atoms with Gasteiger partial charge in [0.15, 0.2) is 0 Å². The maximum Gasteiger partial charge on any atom is 0.0788 e. The molecule has 0 spiro atoms. The molecule has 0 aliphatic carbocycles. The Morgan fingerprint density at radius 1 is 0.846 bits per heavy atom. The highest BCUT2D eigenvalue weighted by Gasteiger charge is 2.11. The van der Waals surface area contributed by atoms with E-state index in [1.165, 1.54) is 11.1 Å². The van der Waals surface area contributed by atoms with Crippen LogP contribution in [0.2, 0.25) is 0 Å². The van der Waals surface area contributed by atoms with Crippen molar-refractivity contribution in [2.24, 2.45) is 0 Å². The number of nitrogens with one attached hydrogen (secondary N) is 1. The monoisotopic (exact) mass is 179 g/mol. The smallest absolute Gasteiger partial charge is 0.0788 e. The van der Waals surface area contributed by atoms with Gasteiger partial charge in [-0.15, -0.1) is 0 Å². The van der Waals surface area contributed by atoms with Crippen molar-refractivity contribution in [3.05, 3.63) is 16.7 Å². The van der Waals surface area contributed by atoms with Crippen molar-refractivity contribution < 1.29 is 0 Å². The first-order valence-corrected chi connectivity index (χ1v) is 4.33. The van der Waals surface area contributed by atoms with Crippen LogP contribution in [-0.4, -0.2) is 7.05 Å². The number of hydrogen-bond donors (Lipinski definition) is 3. The lowest BCUT2D eigenvalue weighted by atomic mass is 9.99. The van der Waals surface area contributed by atoms with Gasteiger partial charge in [-0.25, -0.2) is 0 Å². The molecule has 3 nitrogen and oxygen atoms in total. The largest absolute Gasteiger partial charge is 0.397 e. The molecule has 0 atom stereocenters. The van der Waals surface area contributed by atoms with Crippen molar-refractivity contribution in [3.63, 3.8) is 0 Å². The summed E-state index contributed by atoms with van der Waals surface area (Å²) in [6.07, 6.45) is 0. The molecule has 0 unspecified atom stereocenters. The highest BCUT2D eigenvalue weighted by atomic mass is 14.9. The third-order valence-electron chi connectivity index (χ3n) is 2.71. The van der Waals surface area contributed by atoms with Crippen LogP contribution in [0.3, 0.4) is 0 Å². The Morgan fingerprint density at radius 2 is 1.38 bits per heavy atom. The maximum atomic E-state index is 5.88. The number of rotatable bonds is 1. The lowest BCUT2D eigenvalue weighted by Gasteiger charge is -2.17. The van der Waals surface area contributed by atoms with Gasteiger partial charge in [0.1, 0.15) is 0 Å². The number of anilines is 3. The molecule has 5 N–H and O–H groups in total. The summed E-state index contributed by atoms with van der Waals surface area (Å²) < 4.78 is 0. The summed E-state index contributed by atoms with van der Waals surface area (Å²) in [6.45, 7) is 6.10. The quantitative estimate of drug-likeness (QED) is 0.576. The third kappa shape index (κ3) is 1.30. The van der Waals surface area contributed by atoms with E-state index in [0.29, 0.717) is 11.4 Å². The van der Waals surface area contributed by atoms with E-state index in [1.807, 2.05) is 20.9 Å². The zero-order valence-electron chi connectivity index (χ0n) is 8.65. The Kier molecular flexibility index (Phi) is 2.36. The molecule has 13 heavy (non-hydrogen) atoms. The molecule has 0 saturated heterocycles. The summed E-state index contributed by atoms with van der Waals surface area (Å²) >= 11 is 0. The SMILES string of the molecule is CNc1c(C)c(C)c(C)c(N)c1N. The van der Waals surface area contributed by atoms with Crippen LogP contribution in [0.4, 0.5) is 17.1 Å². The van der Waals surface area contributed by atoms with E-state index in [9.17, 15) is 0 Å². The summed E-state index contributed by atoms with van der Waals surface area (Å²) in [5.41, 5.74) is 17.5. The number of nitrogen functional groups attached to an aromatic ring is 2. The minimum Gasteiger partial charge on any atom is -0.397 e. The van der Waals surface area contributed by atoms with E-state index < -0.39 is 0 Å². The van der Waals surface area contributed by atoms with Crippen molar-refractivity contribution in [2.75, 3.05) is 23.8 Å². The van der Waals surface area contributed by atoms with E-state index in [-0.39, 0.29) is 0 Å². The average molecular weight is 179 g/mol. The molecule has 0 aliphatic rings. The second-order valence-electron chi connectivity index (χ2n) is 3.33. The van der Waals surface area contributed by atoms with Crippen molar-refractivity contribution in [1.82, 2.24) is 0 Å². The van der Waals surface area contributed by atoms with Gasteiger partial charge >= 0.3 is 0 Å². The zero-order valence-corrected chi connectivity index (χ0v) is 8.65. The maximum absolute atomic E-state index is 5.88. The Balaban J connectivity index is 3.56. The lowest BCUT2D eigenvalue weighted by molar-refractivity contribution is 1.26. The van der Waals surface area contributed by atoms with Gasteiger partial charge in [-0.3, -0.25) is 0 Å². The van der Waals surface area contributed by atoms with Gasteiger partial charge < -0.3 is 16.8 Å². The fourth-order valence-corrected chi connectivity index (χ4v) is 1.53. The molecule has 0 aromatic heterocycles. The Bertz CT molecular complexity index is 314. The van der Waals surface area contributed by atoms with E-state index in [4.69, 9.17) is 11.5 Å². The molecule has 0 saturated carbocycles. The van der Waals surface area contributed by atoms with Gasteiger partial charge in [0.05, 0.1) is 17.1 Å². The number of benzene rings is 1.